The van der Waals surface area contributed by atoms with Crippen LogP contribution in [0.15, 0.2) is 12.5 Å². The summed E-state index contributed by atoms with van der Waals surface area (Å²) in [6.07, 6.45) is 3.84. The van der Waals surface area contributed by atoms with Gasteiger partial charge in [-0.15, -0.1) is 0 Å². The third-order valence-electron chi connectivity index (χ3n) is 3.00. The van der Waals surface area contributed by atoms with Gasteiger partial charge in [-0.05, 0) is 27.8 Å². The number of likely N-dealkylation sites (N-methyl/N-ethyl adjacent to an activating group) is 1. The normalized spacial score (nSPS) is 12.3. The van der Waals surface area contributed by atoms with E-state index in [-0.39, 0.29) is 5.54 Å². The molecule has 1 heterocycles. The number of rotatable bonds is 8. The molecule has 0 aliphatic rings. The second-order valence-electron chi connectivity index (χ2n) is 5.98. The van der Waals surface area contributed by atoms with Gasteiger partial charge < -0.3 is 19.5 Å². The maximum atomic E-state index is 5.08. The van der Waals surface area contributed by atoms with Gasteiger partial charge in [-0.3, -0.25) is 0 Å². The van der Waals surface area contributed by atoms with Crippen LogP contribution in [0.25, 0.3) is 0 Å². The Morgan fingerprint density at radius 1 is 1.37 bits per heavy atom. The summed E-state index contributed by atoms with van der Waals surface area (Å²) in [5, 5.41) is 3.49. The van der Waals surface area contributed by atoms with Crippen molar-refractivity contribution in [2.24, 2.45) is 0 Å². The second kappa shape index (κ2) is 7.62. The Balaban J connectivity index is 2.40. The average molecular weight is 268 g/mol. The van der Waals surface area contributed by atoms with Crippen LogP contribution < -0.4 is 5.32 Å². The van der Waals surface area contributed by atoms with Crippen molar-refractivity contribution in [2.75, 3.05) is 33.9 Å². The molecule has 0 amide bonds. The van der Waals surface area contributed by atoms with Crippen molar-refractivity contribution in [3.05, 3.63) is 18.2 Å². The first-order valence-corrected chi connectivity index (χ1v) is 6.84. The van der Waals surface area contributed by atoms with E-state index in [9.17, 15) is 0 Å². The van der Waals surface area contributed by atoms with Crippen molar-refractivity contribution in [1.82, 2.24) is 19.8 Å². The number of methoxy groups -OCH3 is 1. The standard InChI is InChI=1S/C14H28N4O/c1-14(2,3)16-11-13-10-15-12-18(13)7-6-17(4)8-9-19-5/h10,12,16H,6-9,11H2,1-5H3. The van der Waals surface area contributed by atoms with Crippen LogP contribution in [0.4, 0.5) is 0 Å². The molecule has 5 nitrogen and oxygen atoms in total. The highest BCUT2D eigenvalue weighted by Crippen LogP contribution is 2.04. The van der Waals surface area contributed by atoms with Crippen molar-refractivity contribution >= 4 is 0 Å². The SMILES string of the molecule is COCCN(C)CCn1cncc1CNC(C)(C)C. The minimum atomic E-state index is 0.129. The highest BCUT2D eigenvalue weighted by atomic mass is 16.5. The summed E-state index contributed by atoms with van der Waals surface area (Å²) in [6, 6.07) is 0. The molecule has 1 aromatic heterocycles. The van der Waals surface area contributed by atoms with Crippen molar-refractivity contribution in [3.63, 3.8) is 0 Å². The van der Waals surface area contributed by atoms with Gasteiger partial charge in [-0.25, -0.2) is 4.98 Å². The molecule has 1 rings (SSSR count). The van der Waals surface area contributed by atoms with Crippen LogP contribution >= 0.6 is 0 Å². The lowest BCUT2D eigenvalue weighted by molar-refractivity contribution is 0.159. The lowest BCUT2D eigenvalue weighted by atomic mass is 10.1. The Labute approximate surface area is 117 Å². The van der Waals surface area contributed by atoms with E-state index in [1.54, 1.807) is 7.11 Å². The molecule has 5 heteroatoms. The molecule has 0 fully saturated rings. The minimum absolute atomic E-state index is 0.129. The number of aromatic nitrogens is 2. The summed E-state index contributed by atoms with van der Waals surface area (Å²) in [6.45, 7) is 11.1. The van der Waals surface area contributed by atoms with Crippen molar-refractivity contribution < 1.29 is 4.74 Å². The quantitative estimate of drug-likeness (QED) is 0.773. The van der Waals surface area contributed by atoms with Gasteiger partial charge in [-0.1, -0.05) is 0 Å². The maximum absolute atomic E-state index is 5.08. The van der Waals surface area contributed by atoms with Gasteiger partial charge in [0.2, 0.25) is 0 Å². The van der Waals surface area contributed by atoms with Crippen LogP contribution in [0.2, 0.25) is 0 Å². The first-order chi connectivity index (χ1) is 8.92. The first kappa shape index (κ1) is 16.1. The molecular weight excluding hydrogens is 240 g/mol. The summed E-state index contributed by atoms with van der Waals surface area (Å²) in [7, 11) is 3.85. The summed E-state index contributed by atoms with van der Waals surface area (Å²) in [5.74, 6) is 0. The highest BCUT2D eigenvalue weighted by Gasteiger charge is 2.10. The van der Waals surface area contributed by atoms with Crippen molar-refractivity contribution in [2.45, 2.75) is 39.4 Å². The van der Waals surface area contributed by atoms with Gasteiger partial charge in [0.25, 0.3) is 0 Å². The van der Waals surface area contributed by atoms with E-state index in [1.165, 1.54) is 5.69 Å². The van der Waals surface area contributed by atoms with Crippen LogP contribution in [0.1, 0.15) is 26.5 Å². The van der Waals surface area contributed by atoms with Gasteiger partial charge in [0, 0.05) is 45.0 Å². The molecule has 0 aromatic carbocycles. The summed E-state index contributed by atoms with van der Waals surface area (Å²) < 4.78 is 7.29. The summed E-state index contributed by atoms with van der Waals surface area (Å²) in [5.41, 5.74) is 1.36. The topological polar surface area (TPSA) is 42.3 Å². The van der Waals surface area contributed by atoms with E-state index in [0.717, 1.165) is 32.8 Å². The third kappa shape index (κ3) is 6.71. The van der Waals surface area contributed by atoms with Crippen molar-refractivity contribution in [1.29, 1.82) is 0 Å². The Morgan fingerprint density at radius 3 is 2.74 bits per heavy atom. The number of nitrogens with zero attached hydrogens (tertiary/aromatic N) is 3. The molecule has 0 aliphatic carbocycles. The van der Waals surface area contributed by atoms with E-state index >= 15 is 0 Å². The zero-order valence-corrected chi connectivity index (χ0v) is 12.9. The Bertz CT molecular complexity index is 357. The molecule has 0 aliphatic heterocycles. The molecule has 0 saturated carbocycles. The fourth-order valence-electron chi connectivity index (χ4n) is 1.69. The lowest BCUT2D eigenvalue weighted by Gasteiger charge is -2.21. The molecule has 19 heavy (non-hydrogen) atoms. The number of hydrogen-bond acceptors (Lipinski definition) is 4. The number of ether oxygens (including phenoxy) is 1. The zero-order chi connectivity index (χ0) is 14.3. The second-order valence-corrected chi connectivity index (χ2v) is 5.98. The Kier molecular flexibility index (Phi) is 6.48. The van der Waals surface area contributed by atoms with Crippen molar-refractivity contribution in [3.8, 4) is 0 Å². The molecule has 0 bridgehead atoms. The minimum Gasteiger partial charge on any atom is -0.383 e. The molecule has 0 radical (unpaired) electrons. The maximum Gasteiger partial charge on any atom is 0.0949 e. The molecule has 0 unspecified atom stereocenters. The fourth-order valence-corrected chi connectivity index (χ4v) is 1.69. The molecule has 1 N–H and O–H groups in total. The van der Waals surface area contributed by atoms with Gasteiger partial charge in [-0.2, -0.15) is 0 Å². The molecule has 0 spiro atoms. The molecule has 1 aromatic rings. The lowest BCUT2D eigenvalue weighted by Crippen LogP contribution is -2.36. The molecule has 0 atom stereocenters. The predicted molar refractivity (Wildman–Crippen MR) is 78.2 cm³/mol. The predicted octanol–water partition coefficient (Wildman–Crippen LogP) is 1.35. The van der Waals surface area contributed by atoms with E-state index in [0.29, 0.717) is 0 Å². The zero-order valence-electron chi connectivity index (χ0n) is 12.9. The van der Waals surface area contributed by atoms with Crippen LogP contribution in [0, 0.1) is 0 Å². The monoisotopic (exact) mass is 268 g/mol. The van der Waals surface area contributed by atoms with E-state index in [2.05, 4.69) is 47.6 Å². The third-order valence-corrected chi connectivity index (χ3v) is 3.00. The van der Waals surface area contributed by atoms with Gasteiger partial charge >= 0.3 is 0 Å². The molecule has 0 saturated heterocycles. The smallest absolute Gasteiger partial charge is 0.0949 e. The van der Waals surface area contributed by atoms with E-state index < -0.39 is 0 Å². The summed E-state index contributed by atoms with van der Waals surface area (Å²) >= 11 is 0. The van der Waals surface area contributed by atoms with Gasteiger partial charge in [0.05, 0.1) is 18.6 Å². The van der Waals surface area contributed by atoms with Crippen LogP contribution in [-0.2, 0) is 17.8 Å². The fraction of sp³-hybridized carbons (Fsp3) is 0.786. The Morgan fingerprint density at radius 2 is 2.11 bits per heavy atom. The number of hydrogen-bond donors (Lipinski definition) is 1. The summed E-state index contributed by atoms with van der Waals surface area (Å²) in [4.78, 5) is 6.51. The van der Waals surface area contributed by atoms with E-state index in [1.807, 2.05) is 12.5 Å². The largest absolute Gasteiger partial charge is 0.383 e. The van der Waals surface area contributed by atoms with Gasteiger partial charge in [0.1, 0.15) is 0 Å². The van der Waals surface area contributed by atoms with Gasteiger partial charge in [0.15, 0.2) is 0 Å². The van der Waals surface area contributed by atoms with Crippen LogP contribution in [0.5, 0.6) is 0 Å². The number of nitrogens with one attached hydrogen (secondary N) is 1. The first-order valence-electron chi connectivity index (χ1n) is 6.84. The average Bonchev–Trinajstić information content (AvgIpc) is 2.78. The van der Waals surface area contributed by atoms with E-state index in [4.69, 9.17) is 4.74 Å². The highest BCUT2D eigenvalue weighted by molar-refractivity contribution is 4.99. The van der Waals surface area contributed by atoms with Crippen LogP contribution in [-0.4, -0.2) is 53.8 Å². The molecular formula is C14H28N4O. The Hall–Kier alpha value is -0.910. The number of imidazole rings is 1. The van der Waals surface area contributed by atoms with Crippen LogP contribution in [0.3, 0.4) is 0 Å². The molecule has 110 valence electrons.